The van der Waals surface area contributed by atoms with E-state index in [9.17, 15) is 18.4 Å². The highest BCUT2D eigenvalue weighted by Crippen LogP contribution is 2.49. The summed E-state index contributed by atoms with van der Waals surface area (Å²) in [5, 5.41) is 13.1. The van der Waals surface area contributed by atoms with E-state index >= 15 is 0 Å². The Morgan fingerprint density at radius 2 is 1.93 bits per heavy atom. The maximum Gasteiger partial charge on any atom is 0.338 e. The highest BCUT2D eigenvalue weighted by atomic mass is 19.1. The molecule has 1 aliphatic heterocycles. The normalized spacial score (nSPS) is 22.7. The molecule has 0 spiro atoms. The molecule has 8 heteroatoms. The lowest BCUT2D eigenvalue weighted by molar-refractivity contribution is -0.134. The Morgan fingerprint density at radius 3 is 2.56 bits per heavy atom. The summed E-state index contributed by atoms with van der Waals surface area (Å²) in [7, 11) is 0. The molecule has 2 aromatic rings. The molecule has 2 atom stereocenters. The van der Waals surface area contributed by atoms with Crippen LogP contribution in [0.2, 0.25) is 0 Å². The van der Waals surface area contributed by atoms with E-state index in [4.69, 9.17) is 5.11 Å². The summed E-state index contributed by atoms with van der Waals surface area (Å²) >= 11 is 0. The number of halogens is 2. The van der Waals surface area contributed by atoms with Crippen molar-refractivity contribution in [3.8, 4) is 0 Å². The van der Waals surface area contributed by atoms with Gasteiger partial charge < -0.3 is 10.0 Å². The third-order valence-electron chi connectivity index (χ3n) is 5.47. The fourth-order valence-corrected chi connectivity index (χ4v) is 3.85. The van der Waals surface area contributed by atoms with Crippen molar-refractivity contribution in [1.29, 1.82) is 0 Å². The van der Waals surface area contributed by atoms with Crippen LogP contribution in [0.5, 0.6) is 0 Å². The number of likely N-dealkylation sites (tertiary alicyclic amines) is 1. The molecule has 1 saturated carbocycles. The van der Waals surface area contributed by atoms with E-state index in [0.717, 1.165) is 6.07 Å². The Morgan fingerprint density at radius 1 is 1.19 bits per heavy atom. The molecular weight excluding hydrogens is 356 g/mol. The number of piperidine rings is 1. The largest absolute Gasteiger partial charge is 0.478 e. The Balaban J connectivity index is 1.34. The molecule has 2 unspecified atom stereocenters. The second-order valence-corrected chi connectivity index (χ2v) is 7.19. The first-order chi connectivity index (χ1) is 12.9. The predicted octanol–water partition coefficient (Wildman–Crippen LogP) is 2.83. The molecule has 27 heavy (non-hydrogen) atoms. The number of rotatable bonds is 4. The van der Waals surface area contributed by atoms with E-state index in [2.05, 4.69) is 5.10 Å². The fraction of sp³-hybridized carbons (Fsp3) is 0.421. The number of aromatic nitrogens is 2. The van der Waals surface area contributed by atoms with Crippen LogP contribution in [-0.2, 0) is 4.79 Å². The second kappa shape index (κ2) is 6.75. The minimum absolute atomic E-state index is 0.00821. The van der Waals surface area contributed by atoms with Crippen LogP contribution in [-0.4, -0.2) is 44.8 Å². The van der Waals surface area contributed by atoms with Crippen LogP contribution >= 0.6 is 0 Å². The maximum atomic E-state index is 13.9. The van der Waals surface area contributed by atoms with Gasteiger partial charge >= 0.3 is 5.97 Å². The standard InChI is InChI=1S/C19H19F2N3O3/c20-12-1-2-14(17(21)7-12)15-8-16(15)18(25)23-5-3-13(4-6-23)24-10-11(9-22-24)19(26)27/h1-2,7,9-10,13,15-16H,3-6,8H2,(H,26,27). The Hall–Kier alpha value is -2.77. The van der Waals surface area contributed by atoms with Crippen LogP contribution in [0.15, 0.2) is 30.6 Å². The highest BCUT2D eigenvalue weighted by molar-refractivity contribution is 5.86. The first kappa shape index (κ1) is 17.6. The first-order valence-electron chi connectivity index (χ1n) is 8.95. The van der Waals surface area contributed by atoms with Gasteiger partial charge in [-0.25, -0.2) is 13.6 Å². The van der Waals surface area contributed by atoms with Crippen LogP contribution in [0.1, 0.15) is 47.1 Å². The molecular formula is C19H19F2N3O3. The number of carbonyl (C=O) groups excluding carboxylic acids is 1. The van der Waals surface area contributed by atoms with Crippen LogP contribution in [0.3, 0.4) is 0 Å². The zero-order valence-electron chi connectivity index (χ0n) is 14.5. The smallest absolute Gasteiger partial charge is 0.338 e. The van der Waals surface area contributed by atoms with Gasteiger partial charge in [-0.05, 0) is 36.8 Å². The van der Waals surface area contributed by atoms with Gasteiger partial charge in [0.05, 0.1) is 17.8 Å². The molecule has 1 amide bonds. The third kappa shape index (κ3) is 3.43. The summed E-state index contributed by atoms with van der Waals surface area (Å²) in [6.07, 6.45) is 4.80. The quantitative estimate of drug-likeness (QED) is 0.892. The average molecular weight is 375 g/mol. The van der Waals surface area contributed by atoms with Gasteiger partial charge in [0.1, 0.15) is 11.6 Å². The Kier molecular flexibility index (Phi) is 4.41. The topological polar surface area (TPSA) is 75.4 Å². The van der Waals surface area contributed by atoms with Crippen molar-refractivity contribution in [3.05, 3.63) is 53.4 Å². The molecule has 0 radical (unpaired) electrons. The van der Waals surface area contributed by atoms with Gasteiger partial charge in [0, 0.05) is 31.3 Å². The average Bonchev–Trinajstić information content (AvgIpc) is 3.26. The van der Waals surface area contributed by atoms with Gasteiger partial charge in [-0.1, -0.05) is 6.07 Å². The number of amides is 1. The fourth-order valence-electron chi connectivity index (χ4n) is 3.85. The molecule has 1 N–H and O–H groups in total. The molecule has 2 aliphatic rings. The number of nitrogens with zero attached hydrogens (tertiary/aromatic N) is 3. The molecule has 4 rings (SSSR count). The minimum atomic E-state index is -1.01. The molecule has 0 bridgehead atoms. The van der Waals surface area contributed by atoms with Gasteiger partial charge in [0.2, 0.25) is 5.91 Å². The third-order valence-corrected chi connectivity index (χ3v) is 5.47. The van der Waals surface area contributed by atoms with Gasteiger partial charge in [-0.15, -0.1) is 0 Å². The van der Waals surface area contributed by atoms with E-state index in [1.54, 1.807) is 9.58 Å². The summed E-state index contributed by atoms with van der Waals surface area (Å²) in [6.45, 7) is 1.11. The number of aromatic carboxylic acids is 1. The number of benzene rings is 1. The summed E-state index contributed by atoms with van der Waals surface area (Å²) in [6, 6.07) is 3.56. The SMILES string of the molecule is O=C(O)c1cnn(C2CCN(C(=O)C3CC3c3ccc(F)cc3F)CC2)c1. The van der Waals surface area contributed by atoms with Crippen molar-refractivity contribution in [2.45, 2.75) is 31.2 Å². The van der Waals surface area contributed by atoms with E-state index in [1.807, 2.05) is 0 Å². The Labute approximate surface area is 154 Å². The Bertz CT molecular complexity index is 890. The van der Waals surface area contributed by atoms with Gasteiger partial charge in [-0.2, -0.15) is 5.10 Å². The molecule has 1 aliphatic carbocycles. The molecule has 1 aromatic heterocycles. The van der Waals surface area contributed by atoms with Crippen molar-refractivity contribution in [2.75, 3.05) is 13.1 Å². The summed E-state index contributed by atoms with van der Waals surface area (Å²) < 4.78 is 28.6. The maximum absolute atomic E-state index is 13.9. The van der Waals surface area contributed by atoms with Crippen molar-refractivity contribution >= 4 is 11.9 Å². The van der Waals surface area contributed by atoms with Crippen LogP contribution in [0, 0.1) is 17.6 Å². The summed E-state index contributed by atoms with van der Waals surface area (Å²) in [5.41, 5.74) is 0.554. The zero-order valence-corrected chi connectivity index (χ0v) is 14.5. The van der Waals surface area contributed by atoms with Crippen LogP contribution in [0.25, 0.3) is 0 Å². The number of carboxylic acid groups (broad SMARTS) is 1. The molecule has 2 heterocycles. The molecule has 6 nitrogen and oxygen atoms in total. The molecule has 1 aromatic carbocycles. The molecule has 1 saturated heterocycles. The van der Waals surface area contributed by atoms with E-state index in [0.29, 0.717) is 37.9 Å². The number of carboxylic acids is 1. The first-order valence-corrected chi connectivity index (χ1v) is 8.95. The van der Waals surface area contributed by atoms with E-state index < -0.39 is 17.6 Å². The van der Waals surface area contributed by atoms with E-state index in [-0.39, 0.29) is 29.3 Å². The minimum Gasteiger partial charge on any atom is -0.478 e. The van der Waals surface area contributed by atoms with Crippen molar-refractivity contribution in [2.24, 2.45) is 5.92 Å². The van der Waals surface area contributed by atoms with Crippen molar-refractivity contribution in [1.82, 2.24) is 14.7 Å². The lowest BCUT2D eigenvalue weighted by Crippen LogP contribution is -2.40. The molecule has 2 fully saturated rings. The molecule has 142 valence electrons. The predicted molar refractivity (Wildman–Crippen MR) is 91.2 cm³/mol. The highest BCUT2D eigenvalue weighted by Gasteiger charge is 2.47. The lowest BCUT2D eigenvalue weighted by atomic mass is 10.0. The summed E-state index contributed by atoms with van der Waals surface area (Å²) in [5.74, 6) is -2.64. The van der Waals surface area contributed by atoms with E-state index in [1.165, 1.54) is 24.5 Å². The lowest BCUT2D eigenvalue weighted by Gasteiger charge is -2.32. The van der Waals surface area contributed by atoms with Gasteiger partial charge in [-0.3, -0.25) is 9.48 Å². The number of carbonyl (C=O) groups is 2. The van der Waals surface area contributed by atoms with Crippen LogP contribution in [0.4, 0.5) is 8.78 Å². The zero-order chi connectivity index (χ0) is 19.1. The van der Waals surface area contributed by atoms with Crippen molar-refractivity contribution < 1.29 is 23.5 Å². The summed E-state index contributed by atoms with van der Waals surface area (Å²) in [4.78, 5) is 25.4. The number of hydrogen-bond acceptors (Lipinski definition) is 3. The van der Waals surface area contributed by atoms with Gasteiger partial charge in [0.25, 0.3) is 0 Å². The monoisotopic (exact) mass is 375 g/mol. The number of hydrogen-bond donors (Lipinski definition) is 1. The van der Waals surface area contributed by atoms with Crippen LogP contribution < -0.4 is 0 Å². The second-order valence-electron chi connectivity index (χ2n) is 7.19. The van der Waals surface area contributed by atoms with Gasteiger partial charge in [0.15, 0.2) is 0 Å². The van der Waals surface area contributed by atoms with Crippen molar-refractivity contribution in [3.63, 3.8) is 0 Å².